The minimum atomic E-state index is -0.440. The van der Waals surface area contributed by atoms with Crippen LogP contribution in [0.15, 0.2) is 76.6 Å². The number of fused-ring (bicyclic) bond motifs is 2. The normalized spacial score (nSPS) is 16.9. The SMILES string of the molecule is CC(C)c1nn2c(/C=C3/C(=N)N4C(c5ccccc5)=CSC4=NC3=O)c(-c3ccccc3)nc2s1. The number of rotatable bonds is 4. The fourth-order valence-corrected chi connectivity index (χ4v) is 5.80. The van der Waals surface area contributed by atoms with Crippen LogP contribution in [0.4, 0.5) is 0 Å². The van der Waals surface area contributed by atoms with Gasteiger partial charge in [-0.1, -0.05) is 97.6 Å². The van der Waals surface area contributed by atoms with Gasteiger partial charge in [0.2, 0.25) is 4.96 Å². The zero-order valence-electron chi connectivity index (χ0n) is 19.0. The highest BCUT2D eigenvalue weighted by Gasteiger charge is 2.36. The van der Waals surface area contributed by atoms with E-state index in [9.17, 15) is 4.79 Å². The molecule has 4 heterocycles. The van der Waals surface area contributed by atoms with Gasteiger partial charge in [-0.15, -0.1) is 0 Å². The van der Waals surface area contributed by atoms with Crippen molar-refractivity contribution in [3.05, 3.63) is 87.9 Å². The van der Waals surface area contributed by atoms with E-state index in [1.165, 1.54) is 23.1 Å². The zero-order chi connectivity index (χ0) is 24.1. The largest absolute Gasteiger partial charge is 0.283 e. The molecule has 1 N–H and O–H groups in total. The van der Waals surface area contributed by atoms with Gasteiger partial charge in [-0.3, -0.25) is 15.1 Å². The molecule has 0 unspecified atom stereocenters. The van der Waals surface area contributed by atoms with Crippen LogP contribution < -0.4 is 0 Å². The Morgan fingerprint density at radius 3 is 2.37 bits per heavy atom. The molecule has 0 atom stereocenters. The van der Waals surface area contributed by atoms with Crippen molar-refractivity contribution in [2.24, 2.45) is 4.99 Å². The molecule has 0 aliphatic carbocycles. The molecular formula is C26H20N6OS2. The van der Waals surface area contributed by atoms with Gasteiger partial charge in [0.15, 0.2) is 5.17 Å². The molecule has 2 aromatic carbocycles. The Labute approximate surface area is 210 Å². The lowest BCUT2D eigenvalue weighted by atomic mass is 10.1. The average Bonchev–Trinajstić information content (AvgIpc) is 3.56. The first-order chi connectivity index (χ1) is 17.0. The Balaban J connectivity index is 1.50. The summed E-state index contributed by atoms with van der Waals surface area (Å²) >= 11 is 2.89. The van der Waals surface area contributed by atoms with Crippen LogP contribution >= 0.6 is 23.1 Å². The third-order valence-electron chi connectivity index (χ3n) is 5.76. The van der Waals surface area contributed by atoms with Crippen molar-refractivity contribution in [3.8, 4) is 11.3 Å². The van der Waals surface area contributed by atoms with E-state index in [-0.39, 0.29) is 17.3 Å². The van der Waals surface area contributed by atoms with Gasteiger partial charge in [-0.2, -0.15) is 10.1 Å². The number of amidine groups is 2. The van der Waals surface area contributed by atoms with Crippen LogP contribution in [-0.2, 0) is 4.79 Å². The highest BCUT2D eigenvalue weighted by Crippen LogP contribution is 2.38. The predicted molar refractivity (Wildman–Crippen MR) is 142 cm³/mol. The topological polar surface area (TPSA) is 86.7 Å². The Morgan fingerprint density at radius 1 is 1.00 bits per heavy atom. The molecule has 2 aromatic heterocycles. The van der Waals surface area contributed by atoms with Crippen LogP contribution in [0.25, 0.3) is 28.0 Å². The van der Waals surface area contributed by atoms with Gasteiger partial charge in [0.05, 0.1) is 22.7 Å². The van der Waals surface area contributed by atoms with Crippen molar-refractivity contribution in [2.75, 3.05) is 0 Å². The third-order valence-corrected chi connectivity index (χ3v) is 7.79. The molecule has 0 saturated carbocycles. The van der Waals surface area contributed by atoms with Crippen molar-refractivity contribution in [2.45, 2.75) is 19.8 Å². The number of amides is 1. The van der Waals surface area contributed by atoms with E-state index in [1.54, 1.807) is 15.5 Å². The smallest absolute Gasteiger partial charge is 0.283 e. The molecule has 0 saturated heterocycles. The quantitative estimate of drug-likeness (QED) is 0.356. The van der Waals surface area contributed by atoms with Gasteiger partial charge >= 0.3 is 0 Å². The summed E-state index contributed by atoms with van der Waals surface area (Å²) in [6.07, 6.45) is 1.71. The second kappa shape index (κ2) is 8.44. The monoisotopic (exact) mass is 496 g/mol. The predicted octanol–water partition coefficient (Wildman–Crippen LogP) is 5.89. The summed E-state index contributed by atoms with van der Waals surface area (Å²) < 4.78 is 1.78. The molecule has 9 heteroatoms. The maximum atomic E-state index is 13.1. The standard InChI is InChI=1S/C26H20N6OS2/c1-15(2)24-30-32-19(21(28-26(32)35-24)17-11-7-4-8-12-17)13-18-22(27)31-20(16-9-5-3-6-10-16)14-34-25(31)29-23(18)33/h3-15,27H,1-2H3/b18-13-,27-22?. The fraction of sp³-hybridized carbons (Fsp3) is 0.115. The van der Waals surface area contributed by atoms with Gasteiger partial charge in [-0.25, -0.2) is 9.50 Å². The summed E-state index contributed by atoms with van der Waals surface area (Å²) in [5.74, 6) is -0.0950. The number of nitrogens with one attached hydrogen (secondary N) is 1. The van der Waals surface area contributed by atoms with Gasteiger partial charge in [-0.05, 0) is 11.6 Å². The second-order valence-electron chi connectivity index (χ2n) is 8.43. The fourth-order valence-electron chi connectivity index (χ4n) is 4.00. The van der Waals surface area contributed by atoms with Crippen molar-refractivity contribution >= 4 is 56.7 Å². The van der Waals surface area contributed by atoms with E-state index in [1.807, 2.05) is 66.1 Å². The average molecular weight is 497 g/mol. The maximum Gasteiger partial charge on any atom is 0.283 e. The maximum absolute atomic E-state index is 13.1. The highest BCUT2D eigenvalue weighted by atomic mass is 32.2. The molecule has 4 aromatic rings. The zero-order valence-corrected chi connectivity index (χ0v) is 20.6. The molecule has 2 aliphatic rings. The van der Waals surface area contributed by atoms with Crippen LogP contribution in [0.2, 0.25) is 0 Å². The second-order valence-corrected chi connectivity index (χ2v) is 10.3. The lowest BCUT2D eigenvalue weighted by Crippen LogP contribution is -2.38. The van der Waals surface area contributed by atoms with Crippen LogP contribution in [0.1, 0.15) is 36.0 Å². The Kier molecular flexibility index (Phi) is 5.23. The molecule has 0 bridgehead atoms. The molecule has 35 heavy (non-hydrogen) atoms. The van der Waals surface area contributed by atoms with Gasteiger partial charge in [0, 0.05) is 16.9 Å². The molecular weight excluding hydrogens is 476 g/mol. The molecule has 0 fully saturated rings. The lowest BCUT2D eigenvalue weighted by Gasteiger charge is -2.26. The minimum Gasteiger partial charge on any atom is -0.283 e. The summed E-state index contributed by atoms with van der Waals surface area (Å²) in [6.45, 7) is 4.18. The first-order valence-corrected chi connectivity index (χ1v) is 12.8. The number of aliphatic imine (C=N–C) groups is 1. The molecule has 172 valence electrons. The van der Waals surface area contributed by atoms with E-state index in [4.69, 9.17) is 15.5 Å². The Hall–Kier alpha value is -3.82. The van der Waals surface area contributed by atoms with E-state index in [0.29, 0.717) is 10.9 Å². The van der Waals surface area contributed by atoms with Crippen LogP contribution in [0.3, 0.4) is 0 Å². The summed E-state index contributed by atoms with van der Waals surface area (Å²) in [5, 5.41) is 17.2. The number of hydrogen-bond acceptors (Lipinski definition) is 6. The first-order valence-electron chi connectivity index (χ1n) is 11.1. The number of carbonyl (C=O) groups is 1. The Bertz CT molecular complexity index is 1580. The molecule has 6 rings (SSSR count). The molecule has 2 aliphatic heterocycles. The highest BCUT2D eigenvalue weighted by molar-refractivity contribution is 8.17. The van der Waals surface area contributed by atoms with Crippen molar-refractivity contribution < 1.29 is 4.79 Å². The number of carbonyl (C=O) groups excluding carboxylic acids is 1. The van der Waals surface area contributed by atoms with Gasteiger partial charge in [0.1, 0.15) is 10.8 Å². The lowest BCUT2D eigenvalue weighted by molar-refractivity contribution is -0.114. The third kappa shape index (κ3) is 3.64. The summed E-state index contributed by atoms with van der Waals surface area (Å²) in [7, 11) is 0. The van der Waals surface area contributed by atoms with E-state index in [0.717, 1.165) is 32.5 Å². The van der Waals surface area contributed by atoms with E-state index >= 15 is 0 Å². The summed E-state index contributed by atoms with van der Waals surface area (Å²) in [4.78, 5) is 24.8. The van der Waals surface area contributed by atoms with E-state index < -0.39 is 5.91 Å². The minimum absolute atomic E-state index is 0.0911. The van der Waals surface area contributed by atoms with Crippen LogP contribution in [-0.4, -0.2) is 36.4 Å². The molecule has 0 radical (unpaired) electrons. The van der Waals surface area contributed by atoms with Crippen LogP contribution in [0, 0.1) is 5.41 Å². The van der Waals surface area contributed by atoms with Crippen molar-refractivity contribution in [1.29, 1.82) is 5.41 Å². The number of aromatic nitrogens is 3. The van der Waals surface area contributed by atoms with Gasteiger partial charge < -0.3 is 0 Å². The summed E-state index contributed by atoms with van der Waals surface area (Å²) in [5.41, 5.74) is 4.30. The first kappa shape index (κ1) is 21.7. The van der Waals surface area contributed by atoms with Gasteiger partial charge in [0.25, 0.3) is 5.91 Å². The molecule has 0 spiro atoms. The number of imidazole rings is 1. The Morgan fingerprint density at radius 2 is 1.69 bits per heavy atom. The van der Waals surface area contributed by atoms with Crippen molar-refractivity contribution in [3.63, 3.8) is 0 Å². The summed E-state index contributed by atoms with van der Waals surface area (Å²) in [6, 6.07) is 19.7. The molecule has 7 nitrogen and oxygen atoms in total. The molecule has 1 amide bonds. The number of nitrogens with zero attached hydrogens (tertiary/aromatic N) is 5. The number of thioether (sulfide) groups is 1. The van der Waals surface area contributed by atoms with E-state index in [2.05, 4.69) is 18.8 Å². The van der Waals surface area contributed by atoms with Crippen LogP contribution in [0.5, 0.6) is 0 Å². The number of hydrogen-bond donors (Lipinski definition) is 1. The number of benzene rings is 2. The van der Waals surface area contributed by atoms with Crippen molar-refractivity contribution in [1.82, 2.24) is 19.5 Å².